The Balaban J connectivity index is 1.38. The standard InChI is InChI=1S/C21H25N3O5/c1-24(13-21(26)23-15-6-5-7-16(10-15)27-2)12-20(25)22-11-17-14-28-18-8-3-4-9-19(18)29-17/h3-10,17H,11-14H2,1-2H3,(H,22,25)(H,23,26)/t17-/m0/s1. The lowest BCUT2D eigenvalue weighted by Gasteiger charge is -2.26. The Morgan fingerprint density at radius 2 is 1.86 bits per heavy atom. The molecule has 0 saturated carbocycles. The molecule has 0 saturated heterocycles. The molecule has 2 aromatic rings. The second-order valence-electron chi connectivity index (χ2n) is 6.75. The molecule has 2 amide bonds. The predicted molar refractivity (Wildman–Crippen MR) is 108 cm³/mol. The van der Waals surface area contributed by atoms with Crippen LogP contribution in [0.2, 0.25) is 0 Å². The summed E-state index contributed by atoms with van der Waals surface area (Å²) >= 11 is 0. The van der Waals surface area contributed by atoms with Gasteiger partial charge in [-0.15, -0.1) is 0 Å². The van der Waals surface area contributed by atoms with Gasteiger partial charge in [0.2, 0.25) is 11.8 Å². The lowest BCUT2D eigenvalue weighted by atomic mass is 10.2. The Morgan fingerprint density at radius 1 is 1.10 bits per heavy atom. The summed E-state index contributed by atoms with van der Waals surface area (Å²) in [5.74, 6) is 1.63. The number of fused-ring (bicyclic) bond motifs is 1. The zero-order valence-corrected chi connectivity index (χ0v) is 16.5. The van der Waals surface area contributed by atoms with Crippen molar-refractivity contribution in [3.63, 3.8) is 0 Å². The van der Waals surface area contributed by atoms with Gasteiger partial charge in [-0.25, -0.2) is 0 Å². The SMILES string of the molecule is COc1cccc(NC(=O)CN(C)CC(=O)NC[C@H]2COc3ccccc3O2)c1. The third-order valence-electron chi connectivity index (χ3n) is 4.27. The van der Waals surface area contributed by atoms with Crippen molar-refractivity contribution >= 4 is 17.5 Å². The monoisotopic (exact) mass is 399 g/mol. The van der Waals surface area contributed by atoms with Crippen molar-refractivity contribution in [1.82, 2.24) is 10.2 Å². The Morgan fingerprint density at radius 3 is 2.66 bits per heavy atom. The van der Waals surface area contributed by atoms with Gasteiger partial charge in [-0.05, 0) is 31.3 Å². The molecule has 8 nitrogen and oxygen atoms in total. The first-order valence-electron chi connectivity index (χ1n) is 9.31. The lowest BCUT2D eigenvalue weighted by Crippen LogP contribution is -2.44. The second-order valence-corrected chi connectivity index (χ2v) is 6.75. The molecule has 0 spiro atoms. The zero-order valence-electron chi connectivity index (χ0n) is 16.5. The normalized spacial score (nSPS) is 14.9. The molecule has 2 N–H and O–H groups in total. The van der Waals surface area contributed by atoms with Crippen LogP contribution in [0, 0.1) is 0 Å². The number of nitrogens with zero attached hydrogens (tertiary/aromatic N) is 1. The van der Waals surface area contributed by atoms with E-state index in [-0.39, 0.29) is 31.0 Å². The molecule has 154 valence electrons. The molecule has 0 unspecified atom stereocenters. The summed E-state index contributed by atoms with van der Waals surface area (Å²) in [6, 6.07) is 14.5. The number of methoxy groups -OCH3 is 1. The van der Waals surface area contributed by atoms with Crippen LogP contribution >= 0.6 is 0 Å². The molecular formula is C21H25N3O5. The van der Waals surface area contributed by atoms with Gasteiger partial charge in [-0.1, -0.05) is 18.2 Å². The summed E-state index contributed by atoms with van der Waals surface area (Å²) in [5.41, 5.74) is 0.641. The fraction of sp³-hybridized carbons (Fsp3) is 0.333. The number of hydrogen-bond acceptors (Lipinski definition) is 6. The number of ether oxygens (including phenoxy) is 3. The number of benzene rings is 2. The third kappa shape index (κ3) is 6.11. The number of anilines is 1. The van der Waals surface area contributed by atoms with Gasteiger partial charge in [0.15, 0.2) is 11.5 Å². The van der Waals surface area contributed by atoms with Crippen LogP contribution in [0.1, 0.15) is 0 Å². The summed E-state index contributed by atoms with van der Waals surface area (Å²) in [7, 11) is 3.28. The molecule has 29 heavy (non-hydrogen) atoms. The summed E-state index contributed by atoms with van der Waals surface area (Å²) < 4.78 is 16.6. The average Bonchev–Trinajstić information content (AvgIpc) is 2.72. The Labute approximate surface area is 169 Å². The van der Waals surface area contributed by atoms with Crippen molar-refractivity contribution in [2.75, 3.05) is 45.7 Å². The molecular weight excluding hydrogens is 374 g/mol. The van der Waals surface area contributed by atoms with E-state index < -0.39 is 0 Å². The van der Waals surface area contributed by atoms with Crippen LogP contribution in [-0.2, 0) is 9.59 Å². The van der Waals surface area contributed by atoms with E-state index in [1.807, 2.05) is 24.3 Å². The summed E-state index contributed by atoms with van der Waals surface area (Å²) in [4.78, 5) is 26.0. The molecule has 0 aromatic heterocycles. The van der Waals surface area contributed by atoms with Gasteiger partial charge in [0, 0.05) is 11.8 Å². The highest BCUT2D eigenvalue weighted by Gasteiger charge is 2.21. The van der Waals surface area contributed by atoms with E-state index in [1.54, 1.807) is 43.3 Å². The topological polar surface area (TPSA) is 89.1 Å². The van der Waals surface area contributed by atoms with Crippen LogP contribution in [0.15, 0.2) is 48.5 Å². The molecule has 1 atom stereocenters. The summed E-state index contributed by atoms with van der Waals surface area (Å²) in [6.07, 6.45) is -0.254. The lowest BCUT2D eigenvalue weighted by molar-refractivity contribution is -0.123. The molecule has 0 aliphatic carbocycles. The van der Waals surface area contributed by atoms with Crippen molar-refractivity contribution in [2.24, 2.45) is 0 Å². The van der Waals surface area contributed by atoms with Crippen LogP contribution in [0.3, 0.4) is 0 Å². The first kappa shape index (κ1) is 20.5. The molecule has 0 bridgehead atoms. The fourth-order valence-corrected chi connectivity index (χ4v) is 2.89. The molecule has 1 aliphatic rings. The number of rotatable bonds is 8. The predicted octanol–water partition coefficient (Wildman–Crippen LogP) is 1.52. The maximum absolute atomic E-state index is 12.2. The van der Waals surface area contributed by atoms with Crippen LogP contribution in [0.5, 0.6) is 17.2 Å². The zero-order chi connectivity index (χ0) is 20.6. The van der Waals surface area contributed by atoms with Crippen LogP contribution in [0.25, 0.3) is 0 Å². The first-order chi connectivity index (χ1) is 14.0. The molecule has 3 rings (SSSR count). The van der Waals surface area contributed by atoms with E-state index >= 15 is 0 Å². The fourth-order valence-electron chi connectivity index (χ4n) is 2.89. The van der Waals surface area contributed by atoms with E-state index in [0.717, 1.165) is 0 Å². The van der Waals surface area contributed by atoms with Crippen LogP contribution in [0.4, 0.5) is 5.69 Å². The summed E-state index contributed by atoms with van der Waals surface area (Å²) in [5, 5.41) is 5.60. The van der Waals surface area contributed by atoms with Gasteiger partial charge >= 0.3 is 0 Å². The molecule has 1 aliphatic heterocycles. The number of likely N-dealkylation sites (N-methyl/N-ethyl adjacent to an activating group) is 1. The minimum atomic E-state index is -0.254. The van der Waals surface area contributed by atoms with Gasteiger partial charge in [0.1, 0.15) is 18.5 Å². The maximum Gasteiger partial charge on any atom is 0.238 e. The van der Waals surface area contributed by atoms with E-state index in [0.29, 0.717) is 36.1 Å². The number of nitrogens with one attached hydrogen (secondary N) is 2. The maximum atomic E-state index is 12.2. The Bertz CT molecular complexity index is 858. The first-order valence-corrected chi connectivity index (χ1v) is 9.31. The van der Waals surface area contributed by atoms with Crippen molar-refractivity contribution in [3.8, 4) is 17.2 Å². The molecule has 0 fully saturated rings. The number of carbonyl (C=O) groups excluding carboxylic acids is 2. The highest BCUT2D eigenvalue weighted by Crippen LogP contribution is 2.30. The van der Waals surface area contributed by atoms with Crippen LogP contribution in [-0.4, -0.2) is 63.2 Å². The third-order valence-corrected chi connectivity index (χ3v) is 4.27. The van der Waals surface area contributed by atoms with Crippen molar-refractivity contribution in [1.29, 1.82) is 0 Å². The molecule has 0 radical (unpaired) electrons. The van der Waals surface area contributed by atoms with Gasteiger partial charge in [-0.2, -0.15) is 0 Å². The molecule has 1 heterocycles. The van der Waals surface area contributed by atoms with E-state index in [1.165, 1.54) is 0 Å². The minimum Gasteiger partial charge on any atom is -0.497 e. The largest absolute Gasteiger partial charge is 0.497 e. The second kappa shape index (κ2) is 9.79. The van der Waals surface area contributed by atoms with Crippen molar-refractivity contribution in [3.05, 3.63) is 48.5 Å². The van der Waals surface area contributed by atoms with Gasteiger partial charge in [0.25, 0.3) is 0 Å². The van der Waals surface area contributed by atoms with Gasteiger partial charge < -0.3 is 24.8 Å². The Kier molecular flexibility index (Phi) is 6.91. The minimum absolute atomic E-state index is 0.0844. The van der Waals surface area contributed by atoms with Gasteiger partial charge in [-0.3, -0.25) is 14.5 Å². The number of hydrogen-bond donors (Lipinski definition) is 2. The number of para-hydroxylation sites is 2. The van der Waals surface area contributed by atoms with E-state index in [2.05, 4.69) is 10.6 Å². The Hall–Kier alpha value is -3.26. The van der Waals surface area contributed by atoms with Crippen molar-refractivity contribution in [2.45, 2.75) is 6.10 Å². The van der Waals surface area contributed by atoms with Crippen LogP contribution < -0.4 is 24.8 Å². The highest BCUT2D eigenvalue weighted by molar-refractivity contribution is 5.92. The van der Waals surface area contributed by atoms with Gasteiger partial charge in [0.05, 0.1) is 26.7 Å². The number of amides is 2. The highest BCUT2D eigenvalue weighted by atomic mass is 16.6. The summed E-state index contributed by atoms with van der Waals surface area (Å²) in [6.45, 7) is 0.879. The molecule has 8 heteroatoms. The smallest absolute Gasteiger partial charge is 0.238 e. The average molecular weight is 399 g/mol. The van der Waals surface area contributed by atoms with Crippen molar-refractivity contribution < 1.29 is 23.8 Å². The van der Waals surface area contributed by atoms with E-state index in [9.17, 15) is 9.59 Å². The quantitative estimate of drug-likeness (QED) is 0.700. The van der Waals surface area contributed by atoms with E-state index in [4.69, 9.17) is 14.2 Å². The number of carbonyl (C=O) groups is 2. The molecule has 2 aromatic carbocycles.